The summed E-state index contributed by atoms with van der Waals surface area (Å²) in [6, 6.07) is 5.35. The van der Waals surface area contributed by atoms with E-state index in [0.29, 0.717) is 18.0 Å². The van der Waals surface area contributed by atoms with E-state index in [0.717, 1.165) is 36.9 Å². The second kappa shape index (κ2) is 16.0. The average molecular weight is 677 g/mol. The number of nitro benzene ring substituents is 1. The van der Waals surface area contributed by atoms with Gasteiger partial charge in [0.1, 0.15) is 17.1 Å². The molecule has 244 valence electrons. The minimum atomic E-state index is -4.61. The maximum Gasteiger partial charge on any atom is 0.416 e. The quantitative estimate of drug-likeness (QED) is 0.129. The maximum absolute atomic E-state index is 12.7. The number of hydrogen-bond acceptors (Lipinski definition) is 12. The van der Waals surface area contributed by atoms with Crippen LogP contribution in [0.2, 0.25) is 10.3 Å². The van der Waals surface area contributed by atoms with Gasteiger partial charge in [-0.15, -0.1) is 0 Å². The van der Waals surface area contributed by atoms with Gasteiger partial charge >= 0.3 is 18.1 Å². The smallest absolute Gasteiger partial charge is 0.416 e. The molecule has 0 aliphatic heterocycles. The molecule has 0 atom stereocenters. The molecule has 3 rings (SSSR count). The Morgan fingerprint density at radius 1 is 0.978 bits per heavy atom. The molecular formula is C27H29Cl2F3N6O7. The number of aromatic nitrogens is 3. The van der Waals surface area contributed by atoms with Gasteiger partial charge in [-0.2, -0.15) is 28.1 Å². The Kier molecular flexibility index (Phi) is 13.1. The molecule has 18 heteroatoms. The van der Waals surface area contributed by atoms with Crippen molar-refractivity contribution in [2.24, 2.45) is 0 Å². The number of benzene rings is 2. The van der Waals surface area contributed by atoms with Crippen LogP contribution in [-0.4, -0.2) is 57.1 Å². The van der Waals surface area contributed by atoms with E-state index in [1.807, 2.05) is 27.7 Å². The second-order valence-corrected chi connectivity index (χ2v) is 10.5. The minimum absolute atomic E-state index is 0.0493. The Morgan fingerprint density at radius 2 is 1.64 bits per heavy atom. The fourth-order valence-corrected chi connectivity index (χ4v) is 3.55. The Hall–Kier alpha value is -4.44. The second-order valence-electron chi connectivity index (χ2n) is 9.72. The fourth-order valence-electron chi connectivity index (χ4n) is 3.17. The number of nitro groups is 1. The summed E-state index contributed by atoms with van der Waals surface area (Å²) in [6.07, 6.45) is -4.61. The number of carbonyl (C=O) groups is 2. The first kappa shape index (κ1) is 36.8. The van der Waals surface area contributed by atoms with E-state index < -0.39 is 46.5 Å². The standard InChI is InChI=1S/C18H13ClF3NO7.C9H16ClN5/c1-2-28-16(24)9-29-17(25)12-8-11(4-5-14(12)23(26)27)30-15-6-3-10(7-13(15)19)18(20,21)22;1-5-11-7-12-6(10)13-8(14-7)15-9(2,3)4/h3-8H,2,9H2,1H3;5H2,1-4H3,(H2,11,12,13,14,15). The summed E-state index contributed by atoms with van der Waals surface area (Å²) in [5.41, 5.74) is -2.26. The number of halogens is 5. The van der Waals surface area contributed by atoms with E-state index in [9.17, 15) is 32.9 Å². The third kappa shape index (κ3) is 12.2. The lowest BCUT2D eigenvalue weighted by Gasteiger charge is -2.20. The number of rotatable bonds is 10. The molecular weight excluding hydrogens is 648 g/mol. The fraction of sp³-hybridized carbons (Fsp3) is 0.370. The molecule has 2 N–H and O–H groups in total. The highest BCUT2D eigenvalue weighted by atomic mass is 35.5. The summed E-state index contributed by atoms with van der Waals surface area (Å²) in [5.74, 6) is -1.38. The molecule has 0 unspecified atom stereocenters. The van der Waals surface area contributed by atoms with Crippen molar-refractivity contribution in [1.29, 1.82) is 0 Å². The van der Waals surface area contributed by atoms with Crippen molar-refractivity contribution in [2.75, 3.05) is 30.4 Å². The molecule has 1 aromatic heterocycles. The SMILES string of the molecule is CCNc1nc(Cl)nc(NC(C)(C)C)n1.CCOC(=O)COC(=O)c1cc(Oc2ccc(C(F)(F)F)cc2Cl)ccc1[N+](=O)[O-]. The van der Waals surface area contributed by atoms with Gasteiger partial charge in [0.25, 0.3) is 5.69 Å². The summed E-state index contributed by atoms with van der Waals surface area (Å²) >= 11 is 11.6. The van der Waals surface area contributed by atoms with Crippen molar-refractivity contribution in [3.63, 3.8) is 0 Å². The van der Waals surface area contributed by atoms with Crippen molar-refractivity contribution in [1.82, 2.24) is 15.0 Å². The summed E-state index contributed by atoms with van der Waals surface area (Å²) < 4.78 is 52.8. The summed E-state index contributed by atoms with van der Waals surface area (Å²) in [6.45, 7) is 9.61. The van der Waals surface area contributed by atoms with E-state index in [1.165, 1.54) is 6.92 Å². The highest BCUT2D eigenvalue weighted by molar-refractivity contribution is 6.32. The van der Waals surface area contributed by atoms with E-state index in [1.54, 1.807) is 0 Å². The van der Waals surface area contributed by atoms with Gasteiger partial charge in [0.05, 0.1) is 22.1 Å². The van der Waals surface area contributed by atoms with E-state index in [4.69, 9.17) is 32.7 Å². The molecule has 2 aromatic carbocycles. The lowest BCUT2D eigenvalue weighted by atomic mass is 10.1. The Labute approximate surface area is 265 Å². The molecule has 1 heterocycles. The lowest BCUT2D eigenvalue weighted by molar-refractivity contribution is -0.385. The number of nitrogens with one attached hydrogen (secondary N) is 2. The van der Waals surface area contributed by atoms with Gasteiger partial charge in [0, 0.05) is 24.2 Å². The van der Waals surface area contributed by atoms with Crippen LogP contribution in [0.15, 0.2) is 36.4 Å². The van der Waals surface area contributed by atoms with Crippen LogP contribution < -0.4 is 15.4 Å². The van der Waals surface area contributed by atoms with Crippen molar-refractivity contribution < 1.29 is 41.9 Å². The number of ether oxygens (including phenoxy) is 3. The van der Waals surface area contributed by atoms with E-state index in [-0.39, 0.29) is 34.0 Å². The minimum Gasteiger partial charge on any atom is -0.463 e. The summed E-state index contributed by atoms with van der Waals surface area (Å²) in [5, 5.41) is 17.1. The molecule has 0 amide bonds. The lowest BCUT2D eigenvalue weighted by Crippen LogP contribution is -2.27. The van der Waals surface area contributed by atoms with Gasteiger partial charge in [-0.05, 0) is 70.5 Å². The monoisotopic (exact) mass is 676 g/mol. The summed E-state index contributed by atoms with van der Waals surface area (Å²) in [7, 11) is 0. The van der Waals surface area contributed by atoms with Crippen LogP contribution in [-0.2, 0) is 20.4 Å². The van der Waals surface area contributed by atoms with Crippen LogP contribution in [0.1, 0.15) is 50.5 Å². The third-order valence-corrected chi connectivity index (χ3v) is 5.39. The third-order valence-electron chi connectivity index (χ3n) is 4.93. The van der Waals surface area contributed by atoms with Crippen LogP contribution >= 0.6 is 23.2 Å². The first-order valence-electron chi connectivity index (χ1n) is 13.0. The van der Waals surface area contributed by atoms with Crippen LogP contribution in [0.25, 0.3) is 0 Å². The van der Waals surface area contributed by atoms with Gasteiger partial charge in [-0.1, -0.05) is 11.6 Å². The molecule has 0 saturated carbocycles. The zero-order chi connectivity index (χ0) is 33.9. The highest BCUT2D eigenvalue weighted by Crippen LogP contribution is 2.37. The van der Waals surface area contributed by atoms with Gasteiger partial charge in [-0.25, -0.2) is 9.59 Å². The number of hydrogen-bond donors (Lipinski definition) is 2. The van der Waals surface area contributed by atoms with Gasteiger partial charge in [0.2, 0.25) is 17.2 Å². The number of alkyl halides is 3. The number of anilines is 2. The van der Waals surface area contributed by atoms with Crippen molar-refractivity contribution in [3.8, 4) is 11.5 Å². The molecule has 3 aromatic rings. The normalized spacial score (nSPS) is 11.1. The van der Waals surface area contributed by atoms with Gasteiger partial charge in [-0.3, -0.25) is 10.1 Å². The molecule has 13 nitrogen and oxygen atoms in total. The average Bonchev–Trinajstić information content (AvgIpc) is 2.91. The molecule has 45 heavy (non-hydrogen) atoms. The molecule has 0 aliphatic rings. The van der Waals surface area contributed by atoms with Gasteiger partial charge < -0.3 is 24.8 Å². The number of carbonyl (C=O) groups excluding carboxylic acids is 2. The van der Waals surface area contributed by atoms with E-state index in [2.05, 4.69) is 30.3 Å². The maximum atomic E-state index is 12.7. The van der Waals surface area contributed by atoms with E-state index >= 15 is 0 Å². The first-order valence-corrected chi connectivity index (χ1v) is 13.8. The van der Waals surface area contributed by atoms with Crippen molar-refractivity contribution in [3.05, 3.63) is 67.9 Å². The molecule has 0 fully saturated rings. The van der Waals surface area contributed by atoms with Crippen LogP contribution in [0.3, 0.4) is 0 Å². The first-order chi connectivity index (χ1) is 20.9. The predicted octanol–water partition coefficient (Wildman–Crippen LogP) is 6.95. The molecule has 0 spiro atoms. The van der Waals surface area contributed by atoms with Crippen LogP contribution in [0, 0.1) is 10.1 Å². The Morgan fingerprint density at radius 3 is 2.20 bits per heavy atom. The molecule has 0 aliphatic carbocycles. The Balaban J connectivity index is 0.000000394. The van der Waals surface area contributed by atoms with Gasteiger partial charge in [0.15, 0.2) is 6.61 Å². The van der Waals surface area contributed by atoms with Crippen molar-refractivity contribution >= 4 is 52.7 Å². The zero-order valence-corrected chi connectivity index (χ0v) is 26.1. The summed E-state index contributed by atoms with van der Waals surface area (Å²) in [4.78, 5) is 45.9. The molecule has 0 saturated heterocycles. The Bertz CT molecular complexity index is 1520. The predicted molar refractivity (Wildman–Crippen MR) is 159 cm³/mol. The number of esters is 2. The van der Waals surface area contributed by atoms with Crippen LogP contribution in [0.4, 0.5) is 30.8 Å². The zero-order valence-electron chi connectivity index (χ0n) is 24.6. The number of nitrogens with zero attached hydrogens (tertiary/aromatic N) is 4. The highest BCUT2D eigenvalue weighted by Gasteiger charge is 2.31. The topological polar surface area (TPSA) is 168 Å². The molecule has 0 bridgehead atoms. The molecule has 0 radical (unpaired) electrons. The van der Waals surface area contributed by atoms with Crippen molar-refractivity contribution in [2.45, 2.75) is 46.3 Å². The largest absolute Gasteiger partial charge is 0.463 e. The van der Waals surface area contributed by atoms with Crippen LogP contribution in [0.5, 0.6) is 11.5 Å².